The number of benzene rings is 1. The molecule has 0 spiro atoms. The first-order valence-electron chi connectivity index (χ1n) is 6.15. The van der Waals surface area contributed by atoms with E-state index in [0.717, 1.165) is 12.1 Å². The number of hydrogen-bond acceptors (Lipinski definition) is 3. The Morgan fingerprint density at radius 1 is 1.29 bits per heavy atom. The fourth-order valence-corrected chi connectivity index (χ4v) is 5.02. The molecule has 3 rings (SSSR count). The standard InChI is InChI=1S/C12H11F3N2O2S2/c13-12(14,15)7-2-1-3-8(4-7)17-10-6-21(18,19)5-9(10)16-11(17)20/h1-4,9-10H,5-6H2,(H,16,20). The summed E-state index contributed by atoms with van der Waals surface area (Å²) in [6, 6.07) is 3.93. The normalized spacial score (nSPS) is 27.6. The Morgan fingerprint density at radius 3 is 2.67 bits per heavy atom. The van der Waals surface area contributed by atoms with E-state index < -0.39 is 27.6 Å². The van der Waals surface area contributed by atoms with Crippen LogP contribution in [0, 0.1) is 0 Å². The monoisotopic (exact) mass is 336 g/mol. The molecule has 2 heterocycles. The summed E-state index contributed by atoms with van der Waals surface area (Å²) in [5.41, 5.74) is -0.529. The predicted octanol–water partition coefficient (Wildman–Crippen LogP) is 1.57. The number of nitrogens with one attached hydrogen (secondary N) is 1. The van der Waals surface area contributed by atoms with E-state index in [-0.39, 0.29) is 28.3 Å². The summed E-state index contributed by atoms with van der Waals surface area (Å²) < 4.78 is 61.7. The minimum Gasteiger partial charge on any atom is -0.356 e. The lowest BCUT2D eigenvalue weighted by Crippen LogP contribution is -2.36. The van der Waals surface area contributed by atoms with Crippen LogP contribution in [0.3, 0.4) is 0 Å². The van der Waals surface area contributed by atoms with Gasteiger partial charge >= 0.3 is 6.18 Å². The molecule has 0 bridgehead atoms. The lowest BCUT2D eigenvalue weighted by Gasteiger charge is -2.24. The molecule has 2 aliphatic rings. The fourth-order valence-electron chi connectivity index (χ4n) is 2.74. The molecule has 9 heteroatoms. The Kier molecular flexibility index (Phi) is 3.17. The van der Waals surface area contributed by atoms with Crippen molar-refractivity contribution in [1.29, 1.82) is 0 Å². The van der Waals surface area contributed by atoms with Crippen molar-refractivity contribution in [3.8, 4) is 0 Å². The van der Waals surface area contributed by atoms with Gasteiger partial charge in [-0.25, -0.2) is 8.42 Å². The van der Waals surface area contributed by atoms with Crippen LogP contribution in [0.25, 0.3) is 0 Å². The first kappa shape index (κ1) is 14.6. The second-order valence-corrected chi connectivity index (χ2v) is 7.66. The highest BCUT2D eigenvalue weighted by Gasteiger charge is 2.47. The molecule has 0 amide bonds. The highest BCUT2D eigenvalue weighted by molar-refractivity contribution is 7.91. The van der Waals surface area contributed by atoms with Crippen LogP contribution < -0.4 is 10.2 Å². The van der Waals surface area contributed by atoms with Crippen LogP contribution >= 0.6 is 12.2 Å². The fraction of sp³-hybridized carbons (Fsp3) is 0.417. The molecule has 0 aliphatic carbocycles. The van der Waals surface area contributed by atoms with Crippen LogP contribution in [0.5, 0.6) is 0 Å². The summed E-state index contributed by atoms with van der Waals surface area (Å²) in [5, 5.41) is 3.14. The number of anilines is 1. The predicted molar refractivity (Wildman–Crippen MR) is 75.9 cm³/mol. The lowest BCUT2D eigenvalue weighted by molar-refractivity contribution is -0.137. The summed E-state index contributed by atoms with van der Waals surface area (Å²) in [4.78, 5) is 1.47. The second-order valence-electron chi connectivity index (χ2n) is 5.12. The van der Waals surface area contributed by atoms with Gasteiger partial charge in [0, 0.05) is 5.69 Å². The first-order valence-corrected chi connectivity index (χ1v) is 8.38. The number of halogens is 3. The Bertz CT molecular complexity index is 703. The second kappa shape index (κ2) is 4.57. The van der Waals surface area contributed by atoms with Gasteiger partial charge in [0.15, 0.2) is 14.9 Å². The van der Waals surface area contributed by atoms with Crippen LogP contribution in [0.2, 0.25) is 0 Å². The summed E-state index contributed by atoms with van der Waals surface area (Å²) in [5.74, 6) is -0.158. The third-order valence-corrected chi connectivity index (χ3v) is 5.66. The van der Waals surface area contributed by atoms with Crippen molar-refractivity contribution in [2.75, 3.05) is 16.4 Å². The van der Waals surface area contributed by atoms with E-state index in [1.54, 1.807) is 0 Å². The van der Waals surface area contributed by atoms with E-state index in [2.05, 4.69) is 5.32 Å². The van der Waals surface area contributed by atoms with Crippen molar-refractivity contribution in [2.45, 2.75) is 18.3 Å². The Labute approximate surface area is 124 Å². The highest BCUT2D eigenvalue weighted by atomic mass is 32.2. The molecule has 2 atom stereocenters. The third-order valence-electron chi connectivity index (χ3n) is 3.63. The van der Waals surface area contributed by atoms with Gasteiger partial charge in [0.25, 0.3) is 0 Å². The van der Waals surface area contributed by atoms with Crippen molar-refractivity contribution in [2.24, 2.45) is 0 Å². The molecule has 1 N–H and O–H groups in total. The van der Waals surface area contributed by atoms with E-state index in [9.17, 15) is 21.6 Å². The van der Waals surface area contributed by atoms with Gasteiger partial charge in [-0.15, -0.1) is 0 Å². The smallest absolute Gasteiger partial charge is 0.356 e. The molecule has 1 aromatic carbocycles. The molecule has 2 aliphatic heterocycles. The van der Waals surface area contributed by atoms with Crippen molar-refractivity contribution in [1.82, 2.24) is 5.32 Å². The molecule has 0 aromatic heterocycles. The zero-order chi connectivity index (χ0) is 15.4. The zero-order valence-electron chi connectivity index (χ0n) is 10.6. The van der Waals surface area contributed by atoms with E-state index >= 15 is 0 Å². The lowest BCUT2D eigenvalue weighted by atomic mass is 10.1. The topological polar surface area (TPSA) is 49.4 Å². The maximum Gasteiger partial charge on any atom is 0.416 e. The van der Waals surface area contributed by atoms with Crippen molar-refractivity contribution < 1.29 is 21.6 Å². The quantitative estimate of drug-likeness (QED) is 0.789. The van der Waals surface area contributed by atoms with Crippen LogP contribution in [-0.4, -0.2) is 37.1 Å². The minimum atomic E-state index is -4.45. The molecule has 2 saturated heterocycles. The molecule has 1 aromatic rings. The summed E-state index contributed by atoms with van der Waals surface area (Å²) in [7, 11) is -3.19. The molecule has 21 heavy (non-hydrogen) atoms. The van der Waals surface area contributed by atoms with Crippen molar-refractivity contribution in [3.05, 3.63) is 29.8 Å². The van der Waals surface area contributed by atoms with E-state index in [1.165, 1.54) is 17.0 Å². The van der Waals surface area contributed by atoms with E-state index in [1.807, 2.05) is 0 Å². The summed E-state index contributed by atoms with van der Waals surface area (Å²) in [6.07, 6.45) is -4.45. The highest BCUT2D eigenvalue weighted by Crippen LogP contribution is 2.34. The van der Waals surface area contributed by atoms with Gasteiger partial charge in [-0.05, 0) is 30.4 Å². The molecule has 2 fully saturated rings. The first-order chi connectivity index (χ1) is 9.67. The number of rotatable bonds is 1. The molecular weight excluding hydrogens is 325 g/mol. The average Bonchev–Trinajstić information content (AvgIpc) is 2.78. The summed E-state index contributed by atoms with van der Waals surface area (Å²) >= 11 is 5.13. The van der Waals surface area contributed by atoms with Crippen molar-refractivity contribution in [3.63, 3.8) is 0 Å². The van der Waals surface area contributed by atoms with Gasteiger partial charge in [-0.1, -0.05) is 6.07 Å². The molecule has 2 unspecified atom stereocenters. The van der Waals surface area contributed by atoms with E-state index in [4.69, 9.17) is 12.2 Å². The number of sulfone groups is 1. The summed E-state index contributed by atoms with van der Waals surface area (Å²) in [6.45, 7) is 0. The van der Waals surface area contributed by atoms with Gasteiger partial charge < -0.3 is 10.2 Å². The Morgan fingerprint density at radius 2 is 2.00 bits per heavy atom. The van der Waals surface area contributed by atoms with Crippen LogP contribution in [0.1, 0.15) is 5.56 Å². The SMILES string of the molecule is O=S1(=O)CC2NC(=S)N(c3cccc(C(F)(F)F)c3)C2C1. The number of nitrogens with zero attached hydrogens (tertiary/aromatic N) is 1. The van der Waals surface area contributed by atoms with Gasteiger partial charge in [-0.3, -0.25) is 0 Å². The number of alkyl halides is 3. The van der Waals surface area contributed by atoms with Crippen LogP contribution in [-0.2, 0) is 16.0 Å². The number of hydrogen-bond donors (Lipinski definition) is 1. The van der Waals surface area contributed by atoms with Gasteiger partial charge in [-0.2, -0.15) is 13.2 Å². The van der Waals surface area contributed by atoms with E-state index in [0.29, 0.717) is 0 Å². The number of fused-ring (bicyclic) bond motifs is 1. The minimum absolute atomic E-state index is 0.0483. The molecule has 4 nitrogen and oxygen atoms in total. The van der Waals surface area contributed by atoms with Crippen molar-refractivity contribution >= 4 is 32.9 Å². The maximum atomic E-state index is 12.8. The van der Waals surface area contributed by atoms with Crippen LogP contribution in [0.4, 0.5) is 18.9 Å². The molecule has 0 radical (unpaired) electrons. The zero-order valence-corrected chi connectivity index (χ0v) is 12.2. The van der Waals surface area contributed by atoms with Gasteiger partial charge in [0.2, 0.25) is 0 Å². The number of thiocarbonyl (C=S) groups is 1. The van der Waals surface area contributed by atoms with Crippen LogP contribution in [0.15, 0.2) is 24.3 Å². The largest absolute Gasteiger partial charge is 0.416 e. The van der Waals surface area contributed by atoms with Gasteiger partial charge in [0.1, 0.15) is 0 Å². The molecular formula is C12H11F3N2O2S2. The molecule has 0 saturated carbocycles. The maximum absolute atomic E-state index is 12.8. The Hall–Kier alpha value is -1.35. The Balaban J connectivity index is 1.98. The third kappa shape index (κ3) is 2.59. The average molecular weight is 336 g/mol. The van der Waals surface area contributed by atoms with Gasteiger partial charge in [0.05, 0.1) is 29.2 Å². The molecule has 114 valence electrons.